The summed E-state index contributed by atoms with van der Waals surface area (Å²) in [4.78, 5) is 30.6. The van der Waals surface area contributed by atoms with Crippen molar-refractivity contribution < 1.29 is 9.59 Å². The van der Waals surface area contributed by atoms with Gasteiger partial charge in [-0.2, -0.15) is 0 Å². The molecule has 1 atom stereocenters. The van der Waals surface area contributed by atoms with Crippen molar-refractivity contribution in [3.63, 3.8) is 0 Å². The maximum atomic E-state index is 12.8. The van der Waals surface area contributed by atoms with Crippen molar-refractivity contribution in [3.8, 4) is 0 Å². The third-order valence-electron chi connectivity index (χ3n) is 6.35. The van der Waals surface area contributed by atoms with Crippen LogP contribution in [0.1, 0.15) is 60.3 Å². The van der Waals surface area contributed by atoms with Crippen molar-refractivity contribution in [2.24, 2.45) is 5.92 Å². The molecule has 1 unspecified atom stereocenters. The second-order valence-electron chi connectivity index (χ2n) is 8.51. The number of hydrogen-bond acceptors (Lipinski definition) is 4. The number of nitrogens with one attached hydrogen (secondary N) is 1. The summed E-state index contributed by atoms with van der Waals surface area (Å²) in [6.07, 6.45) is 5.05. The zero-order valence-corrected chi connectivity index (χ0v) is 18.5. The molecule has 4 rings (SSSR count). The highest BCUT2D eigenvalue weighted by molar-refractivity contribution is 7.10. The Balaban J connectivity index is 1.39. The molecule has 2 fully saturated rings. The predicted molar refractivity (Wildman–Crippen MR) is 122 cm³/mol. The molecule has 0 spiro atoms. The lowest BCUT2D eigenvalue weighted by Gasteiger charge is -2.36. The van der Waals surface area contributed by atoms with Gasteiger partial charge in [-0.25, -0.2) is 0 Å². The number of piperidine rings is 2. The van der Waals surface area contributed by atoms with Crippen molar-refractivity contribution in [1.29, 1.82) is 0 Å². The fourth-order valence-electron chi connectivity index (χ4n) is 4.39. The number of anilines is 1. The molecule has 0 saturated carbocycles. The van der Waals surface area contributed by atoms with Gasteiger partial charge in [0.05, 0.1) is 6.04 Å². The zero-order chi connectivity index (χ0) is 20.9. The van der Waals surface area contributed by atoms with Crippen LogP contribution in [0.4, 0.5) is 5.69 Å². The number of carbonyl (C=O) groups excluding carboxylic acids is 2. The molecule has 30 heavy (non-hydrogen) atoms. The van der Waals surface area contributed by atoms with Gasteiger partial charge in [-0.1, -0.05) is 13.0 Å². The molecule has 1 N–H and O–H groups in total. The van der Waals surface area contributed by atoms with E-state index in [9.17, 15) is 9.59 Å². The first kappa shape index (κ1) is 21.1. The Bertz CT molecular complexity index is 842. The lowest BCUT2D eigenvalue weighted by atomic mass is 9.97. The highest BCUT2D eigenvalue weighted by atomic mass is 32.1. The van der Waals surface area contributed by atoms with Crippen molar-refractivity contribution in [2.45, 2.75) is 45.1 Å². The number of rotatable bonds is 6. The molecule has 1 aromatic carbocycles. The maximum absolute atomic E-state index is 12.8. The van der Waals surface area contributed by atoms with Gasteiger partial charge in [0.1, 0.15) is 0 Å². The molecule has 2 aromatic rings. The molecule has 5 nitrogen and oxygen atoms in total. The minimum Gasteiger partial charge on any atom is -0.350 e. The van der Waals surface area contributed by atoms with Gasteiger partial charge >= 0.3 is 0 Å². The van der Waals surface area contributed by atoms with Gasteiger partial charge in [0.25, 0.3) is 5.91 Å². The van der Waals surface area contributed by atoms with Gasteiger partial charge in [0.15, 0.2) is 0 Å². The minimum atomic E-state index is -0.0570. The van der Waals surface area contributed by atoms with Crippen LogP contribution >= 0.6 is 11.3 Å². The van der Waals surface area contributed by atoms with Crippen LogP contribution in [0, 0.1) is 5.92 Å². The molecule has 0 bridgehead atoms. The van der Waals surface area contributed by atoms with Crippen LogP contribution in [-0.2, 0) is 4.79 Å². The number of likely N-dealkylation sites (tertiary alicyclic amines) is 1. The van der Waals surface area contributed by atoms with E-state index in [4.69, 9.17) is 0 Å². The van der Waals surface area contributed by atoms with E-state index in [2.05, 4.69) is 34.7 Å². The Morgan fingerprint density at radius 2 is 1.90 bits per heavy atom. The van der Waals surface area contributed by atoms with Gasteiger partial charge in [-0.15, -0.1) is 11.3 Å². The van der Waals surface area contributed by atoms with E-state index in [0.29, 0.717) is 18.5 Å². The summed E-state index contributed by atoms with van der Waals surface area (Å²) in [7, 11) is 0. The molecule has 2 aliphatic rings. The summed E-state index contributed by atoms with van der Waals surface area (Å²) in [5.41, 5.74) is 1.52. The van der Waals surface area contributed by atoms with Crippen LogP contribution < -0.4 is 10.2 Å². The molecule has 160 valence electrons. The monoisotopic (exact) mass is 425 g/mol. The Morgan fingerprint density at radius 3 is 2.57 bits per heavy atom. The second kappa shape index (κ2) is 9.75. The highest BCUT2D eigenvalue weighted by Crippen LogP contribution is 2.29. The Hall–Kier alpha value is -2.18. The molecule has 2 amide bonds. The number of carbonyl (C=O) groups is 2. The number of benzene rings is 1. The van der Waals surface area contributed by atoms with E-state index in [1.165, 1.54) is 17.7 Å². The Kier molecular flexibility index (Phi) is 6.85. The fraction of sp³-hybridized carbons (Fsp3) is 0.500. The molecule has 6 heteroatoms. The summed E-state index contributed by atoms with van der Waals surface area (Å²) in [6.45, 7) is 5.86. The largest absolute Gasteiger partial charge is 0.350 e. The van der Waals surface area contributed by atoms with Crippen LogP contribution in [0.3, 0.4) is 0 Å². The fourth-order valence-corrected chi connectivity index (χ4v) is 5.25. The van der Waals surface area contributed by atoms with Crippen LogP contribution in [0.5, 0.6) is 0 Å². The normalized spacial score (nSPS) is 19.6. The SMILES string of the molecule is CC1CCN(C(CNC(=O)c2ccc(N3CCCCC3=O)cc2)c2cccs2)CC1. The number of amides is 2. The van der Waals surface area contributed by atoms with E-state index < -0.39 is 0 Å². The van der Waals surface area contributed by atoms with Gasteiger partial charge in [-0.05, 0) is 80.4 Å². The van der Waals surface area contributed by atoms with Crippen molar-refractivity contribution >= 4 is 28.8 Å². The van der Waals surface area contributed by atoms with E-state index in [-0.39, 0.29) is 17.9 Å². The van der Waals surface area contributed by atoms with Crippen molar-refractivity contribution in [1.82, 2.24) is 10.2 Å². The van der Waals surface area contributed by atoms with Gasteiger partial charge < -0.3 is 10.2 Å². The lowest BCUT2D eigenvalue weighted by molar-refractivity contribution is -0.119. The Morgan fingerprint density at radius 1 is 1.13 bits per heavy atom. The third-order valence-corrected chi connectivity index (χ3v) is 7.32. The first-order valence-electron chi connectivity index (χ1n) is 11.1. The van der Waals surface area contributed by atoms with Gasteiger partial charge in [0, 0.05) is 35.6 Å². The van der Waals surface area contributed by atoms with E-state index in [1.807, 2.05) is 29.2 Å². The highest BCUT2D eigenvalue weighted by Gasteiger charge is 2.26. The van der Waals surface area contributed by atoms with Crippen LogP contribution in [-0.4, -0.2) is 42.9 Å². The first-order chi connectivity index (χ1) is 14.6. The average molecular weight is 426 g/mol. The zero-order valence-electron chi connectivity index (χ0n) is 17.7. The van der Waals surface area contributed by atoms with E-state index in [0.717, 1.165) is 44.1 Å². The van der Waals surface area contributed by atoms with Crippen molar-refractivity contribution in [2.75, 3.05) is 31.1 Å². The van der Waals surface area contributed by atoms with E-state index in [1.54, 1.807) is 11.3 Å². The smallest absolute Gasteiger partial charge is 0.251 e. The summed E-state index contributed by atoms with van der Waals surface area (Å²) in [5, 5.41) is 5.26. The van der Waals surface area contributed by atoms with Crippen LogP contribution in [0.15, 0.2) is 41.8 Å². The molecular formula is C24H31N3O2S. The maximum Gasteiger partial charge on any atom is 0.251 e. The average Bonchev–Trinajstić information content (AvgIpc) is 3.30. The summed E-state index contributed by atoms with van der Waals surface area (Å²) < 4.78 is 0. The van der Waals surface area contributed by atoms with Crippen LogP contribution in [0.2, 0.25) is 0 Å². The molecule has 0 aliphatic carbocycles. The molecule has 3 heterocycles. The minimum absolute atomic E-state index is 0.0570. The molecule has 1 aromatic heterocycles. The van der Waals surface area contributed by atoms with Gasteiger partial charge in [0.2, 0.25) is 5.91 Å². The van der Waals surface area contributed by atoms with E-state index >= 15 is 0 Å². The standard InChI is InChI=1S/C24H31N3O2S/c1-18-11-14-26(15-12-18)21(22-5-4-16-30-22)17-25-24(29)19-7-9-20(10-8-19)27-13-3-2-6-23(27)28/h4-5,7-10,16,18,21H,2-3,6,11-15,17H2,1H3,(H,25,29). The number of hydrogen-bond donors (Lipinski definition) is 1. The quantitative estimate of drug-likeness (QED) is 0.743. The molecule has 2 aliphatic heterocycles. The third kappa shape index (κ3) is 4.93. The second-order valence-corrected chi connectivity index (χ2v) is 9.49. The summed E-state index contributed by atoms with van der Waals surface area (Å²) >= 11 is 1.76. The number of thiophene rings is 1. The Labute approximate surface area is 183 Å². The number of nitrogens with zero attached hydrogens (tertiary/aromatic N) is 2. The van der Waals surface area contributed by atoms with Gasteiger partial charge in [-0.3, -0.25) is 14.5 Å². The topological polar surface area (TPSA) is 52.7 Å². The first-order valence-corrected chi connectivity index (χ1v) is 12.0. The molecule has 0 radical (unpaired) electrons. The molecular weight excluding hydrogens is 394 g/mol. The summed E-state index contributed by atoms with van der Waals surface area (Å²) in [6, 6.07) is 11.9. The predicted octanol–water partition coefficient (Wildman–Crippen LogP) is 4.47. The van der Waals surface area contributed by atoms with Crippen molar-refractivity contribution in [3.05, 3.63) is 52.2 Å². The molecule has 2 saturated heterocycles. The van der Waals surface area contributed by atoms with Crippen LogP contribution in [0.25, 0.3) is 0 Å². The summed E-state index contributed by atoms with van der Waals surface area (Å²) in [5.74, 6) is 0.900. The lowest BCUT2D eigenvalue weighted by Crippen LogP contribution is -2.41.